The van der Waals surface area contributed by atoms with Crippen LogP contribution in [0.5, 0.6) is 0 Å². The molecule has 0 fully saturated rings. The highest BCUT2D eigenvalue weighted by Gasteiger charge is 2.18. The molecule has 0 heterocycles. The zero-order chi connectivity index (χ0) is 52.4. The molecule has 0 aliphatic heterocycles. The molecule has 53 heavy (non-hydrogen) atoms. The second-order valence-electron chi connectivity index (χ2n) is 11.8. The predicted octanol–water partition coefficient (Wildman–Crippen LogP) is 13.5. The van der Waals surface area contributed by atoms with Crippen molar-refractivity contribution in [3.8, 4) is 33.4 Å². The molecule has 0 aliphatic carbocycles. The van der Waals surface area contributed by atoms with Crippen LogP contribution >= 0.6 is 0 Å². The van der Waals surface area contributed by atoms with Crippen molar-refractivity contribution >= 4 is 27.3 Å². The summed E-state index contributed by atoms with van der Waals surface area (Å²) >= 11 is 0. The lowest BCUT2D eigenvalue weighted by molar-refractivity contribution is 0.103. The average molecular weight is 698 g/mol. The summed E-state index contributed by atoms with van der Waals surface area (Å²) < 4.78 is 155. The van der Waals surface area contributed by atoms with E-state index in [0.29, 0.717) is 33.0 Å². The minimum absolute atomic E-state index is 0.0357. The summed E-state index contributed by atoms with van der Waals surface area (Å²) in [5, 5.41) is 2.15. The van der Waals surface area contributed by atoms with Crippen molar-refractivity contribution in [1.29, 1.82) is 0 Å². The topological polar surface area (TPSA) is 17.1 Å². The molecule has 0 amide bonds. The van der Waals surface area contributed by atoms with Gasteiger partial charge in [0.15, 0.2) is 5.78 Å². The van der Waals surface area contributed by atoms with Gasteiger partial charge in [-0.1, -0.05) is 212 Å². The summed E-state index contributed by atoms with van der Waals surface area (Å²) in [6.07, 6.45) is -0.103. The van der Waals surface area contributed by atoms with Gasteiger partial charge < -0.3 is 0 Å². The first-order valence-electron chi connectivity index (χ1n) is 26.0. The van der Waals surface area contributed by atoms with Crippen molar-refractivity contribution < 1.29 is 30.8 Å². The van der Waals surface area contributed by atoms with Gasteiger partial charge in [0, 0.05) is 11.1 Å². The highest BCUT2D eigenvalue weighted by Crippen LogP contribution is 2.41. The summed E-state index contributed by atoms with van der Waals surface area (Å²) in [6.45, 7) is 0. The second kappa shape index (κ2) is 15.6. The van der Waals surface area contributed by atoms with Gasteiger partial charge in [0.25, 0.3) is 0 Å². The van der Waals surface area contributed by atoms with E-state index < -0.39 is 72.2 Å². The van der Waals surface area contributed by atoms with Gasteiger partial charge in [-0.25, -0.2) is 0 Å². The largest absolute Gasteiger partial charge is 0.289 e. The molecule has 0 N–H and O–H groups in total. The Kier molecular flexibility index (Phi) is 5.32. The van der Waals surface area contributed by atoms with Gasteiger partial charge in [0.2, 0.25) is 0 Å². The third-order valence-electron chi connectivity index (χ3n) is 8.58. The lowest BCUT2D eigenvalue weighted by atomic mass is 9.88. The zero-order valence-electron chi connectivity index (χ0n) is 46.9. The van der Waals surface area contributed by atoms with Crippen LogP contribution in [0.25, 0.3) is 54.9 Å². The van der Waals surface area contributed by atoms with Gasteiger partial charge in [0.1, 0.15) is 0 Å². The second-order valence-corrected chi connectivity index (χ2v) is 11.8. The normalized spacial score (nSPS) is 15.8. The number of carbonyl (C=O) groups is 1. The number of hydrogen-bond donors (Lipinski definition) is 0. The Morgan fingerprint density at radius 2 is 0.962 bits per heavy atom. The molecule has 0 radical (unpaired) electrons. The molecule has 9 aromatic carbocycles. The first kappa shape index (κ1) is 18.1. The number of carbonyl (C=O) groups excluding carboxylic acids is 1. The Morgan fingerprint density at radius 3 is 1.70 bits per heavy atom. The number of hydrogen-bond acceptors (Lipinski definition) is 1. The van der Waals surface area contributed by atoms with Crippen molar-refractivity contribution in [1.82, 2.24) is 0 Å². The number of rotatable bonds is 7. The van der Waals surface area contributed by atoms with Crippen LogP contribution in [0.2, 0.25) is 0 Å². The summed E-state index contributed by atoms with van der Waals surface area (Å²) in [4.78, 5) is 13.8. The monoisotopic (exact) mass is 697 g/mol. The van der Waals surface area contributed by atoms with E-state index >= 15 is 0 Å². The van der Waals surface area contributed by atoms with Crippen molar-refractivity contribution in [3.05, 3.63) is 240 Å². The lowest BCUT2D eigenvalue weighted by Crippen LogP contribution is -2.07. The Morgan fingerprint density at radius 1 is 0.434 bits per heavy atom. The molecule has 9 rings (SSSR count). The van der Waals surface area contributed by atoms with Crippen LogP contribution in [-0.2, 0) is 6.42 Å². The van der Waals surface area contributed by atoms with E-state index in [1.807, 2.05) is 24.3 Å². The molecule has 0 spiro atoms. The molecular weight excluding hydrogens is 641 g/mol. The maximum absolute atomic E-state index is 13.8. The van der Waals surface area contributed by atoms with Crippen molar-refractivity contribution in [2.45, 2.75) is 6.42 Å². The van der Waals surface area contributed by atoms with E-state index in [9.17, 15) is 4.79 Å². The SMILES string of the molecule is [2H]c1c([2H])c([2H])c(-c2ccccc2-c2c3ccccc3cc3c([2H])c([2H])c([2H])c([2H])c23)c([2H])c1[2H].[2H]c1c([2H])c([2H])c(Cc2ccccc2C(=O)c2ccccc2-c2c([2H])c([2H])c([2H])c([2H])c2[2H])c([2H])c1[2H]. The third kappa shape index (κ3) is 7.19. The molecule has 0 saturated carbocycles. The number of benzene rings is 9. The standard InChI is InChI=1S/C26H20O.C26H18/c27-26(25-18-10-9-16-23(25)21-13-5-2-6-14-21)24-17-8-7-15-22(24)19-20-11-3-1-4-12-20;1-2-10-19(11-3-1)22-14-8-9-17-25(22)26-23-15-6-4-12-20(23)18-21-13-5-7-16-24(21)26/h1-18H,19H2;1-18H/i1D,2D,3D,4D,5D,6D,11D,12D,13D,14D;1D,2D,3D,4D,6D,10D,11D,12D,15D. The van der Waals surface area contributed by atoms with Gasteiger partial charge in [-0.15, -0.1) is 0 Å². The van der Waals surface area contributed by atoms with Crippen LogP contribution < -0.4 is 0 Å². The molecule has 9 aromatic rings. The first-order valence-corrected chi connectivity index (χ1v) is 16.5. The molecule has 252 valence electrons. The average Bonchev–Trinajstić information content (AvgIpc) is 3.39. The minimum atomic E-state index is -0.536. The van der Waals surface area contributed by atoms with E-state index in [0.717, 1.165) is 10.8 Å². The fraction of sp³-hybridized carbons (Fsp3) is 0.0192. The molecule has 0 bridgehead atoms. The van der Waals surface area contributed by atoms with Crippen molar-refractivity contribution in [2.75, 3.05) is 0 Å². The van der Waals surface area contributed by atoms with Crippen LogP contribution in [0, 0.1) is 0 Å². The fourth-order valence-electron chi connectivity index (χ4n) is 6.23. The summed E-state index contributed by atoms with van der Waals surface area (Å²) in [5.41, 5.74) is 2.30. The molecule has 1 nitrogen and oxygen atoms in total. The minimum Gasteiger partial charge on any atom is -0.289 e. The van der Waals surface area contributed by atoms with E-state index in [1.165, 1.54) is 12.1 Å². The van der Waals surface area contributed by atoms with Crippen LogP contribution in [-0.4, -0.2) is 5.78 Å². The van der Waals surface area contributed by atoms with Gasteiger partial charge in [-0.2, -0.15) is 0 Å². The van der Waals surface area contributed by atoms with Gasteiger partial charge in [-0.05, 0) is 78.5 Å². The fourth-order valence-corrected chi connectivity index (χ4v) is 6.23. The molecule has 0 aromatic heterocycles. The Bertz CT molecular complexity index is 3670. The maximum atomic E-state index is 13.8. The zero-order valence-corrected chi connectivity index (χ0v) is 27.9. The van der Waals surface area contributed by atoms with Crippen molar-refractivity contribution in [2.24, 2.45) is 0 Å². The highest BCUT2D eigenvalue weighted by atomic mass is 16.1. The quantitative estimate of drug-likeness (QED) is 0.120. The Balaban J connectivity index is 0.000000193. The molecule has 1 heteroatoms. The van der Waals surface area contributed by atoms with E-state index in [4.69, 9.17) is 26.0 Å². The van der Waals surface area contributed by atoms with Crippen LogP contribution in [0.15, 0.2) is 218 Å². The molecule has 0 aliphatic rings. The number of fused-ring (bicyclic) bond motifs is 2. The van der Waals surface area contributed by atoms with Gasteiger partial charge >= 0.3 is 0 Å². The van der Waals surface area contributed by atoms with Crippen LogP contribution in [0.3, 0.4) is 0 Å². The Hall–Kier alpha value is -6.83. The maximum Gasteiger partial charge on any atom is 0.193 e. The molecule has 0 saturated heterocycles. The first-order chi connectivity index (χ1) is 34.1. The van der Waals surface area contributed by atoms with Crippen LogP contribution in [0.4, 0.5) is 0 Å². The summed E-state index contributed by atoms with van der Waals surface area (Å²) in [7, 11) is 0. The van der Waals surface area contributed by atoms with E-state index in [-0.39, 0.29) is 88.1 Å². The lowest BCUT2D eigenvalue weighted by Gasteiger charge is -2.16. The Labute approximate surface area is 338 Å². The van der Waals surface area contributed by atoms with Gasteiger partial charge in [-0.3, -0.25) is 4.79 Å². The summed E-state index contributed by atoms with van der Waals surface area (Å²) in [5.74, 6) is -0.495. The molecule has 0 atom stereocenters. The molecule has 0 unspecified atom stereocenters. The van der Waals surface area contributed by atoms with Gasteiger partial charge in [0.05, 0.1) is 26.0 Å². The number of ketones is 1. The van der Waals surface area contributed by atoms with E-state index in [1.54, 1.807) is 66.7 Å². The summed E-state index contributed by atoms with van der Waals surface area (Å²) in [6, 6.07) is 21.0. The van der Waals surface area contributed by atoms with Crippen molar-refractivity contribution in [3.63, 3.8) is 0 Å². The van der Waals surface area contributed by atoms with E-state index in [2.05, 4.69) is 0 Å². The van der Waals surface area contributed by atoms with Crippen LogP contribution in [0.1, 0.15) is 53.1 Å². The highest BCUT2D eigenvalue weighted by molar-refractivity contribution is 6.15. The molecular formula is C52H38O. The predicted molar refractivity (Wildman–Crippen MR) is 223 cm³/mol. The third-order valence-corrected chi connectivity index (χ3v) is 8.58. The smallest absolute Gasteiger partial charge is 0.193 e.